The molecule has 0 aromatic rings. The van der Waals surface area contributed by atoms with Crippen LogP contribution in [0.15, 0.2) is 0 Å². The topological polar surface area (TPSA) is 44.7 Å². The van der Waals surface area contributed by atoms with Gasteiger partial charge in [-0.25, -0.2) is 0 Å². The van der Waals surface area contributed by atoms with Crippen LogP contribution in [-0.2, 0) is 4.74 Å². The standard InChI is InChI=1S/C16H32N2O2/c1-5-14-10-20-13(4)9-18(14)15-6-7-16(8-15,11-19)17-12(2)3/h12-15,17,19H,5-11H2,1-4H3. The second-order valence-corrected chi connectivity index (χ2v) is 7.04. The van der Waals surface area contributed by atoms with Crippen molar-refractivity contribution in [2.75, 3.05) is 19.8 Å². The number of aliphatic hydroxyl groups excluding tert-OH is 1. The summed E-state index contributed by atoms with van der Waals surface area (Å²) in [7, 11) is 0. The summed E-state index contributed by atoms with van der Waals surface area (Å²) >= 11 is 0. The third kappa shape index (κ3) is 3.53. The Morgan fingerprint density at radius 1 is 1.45 bits per heavy atom. The summed E-state index contributed by atoms with van der Waals surface area (Å²) in [5.74, 6) is 0. The first-order valence-electron chi connectivity index (χ1n) is 8.25. The quantitative estimate of drug-likeness (QED) is 0.807. The Bertz CT molecular complexity index is 311. The minimum Gasteiger partial charge on any atom is -0.394 e. The number of morpholine rings is 1. The highest BCUT2D eigenvalue weighted by molar-refractivity contribution is 5.01. The lowest BCUT2D eigenvalue weighted by Crippen LogP contribution is -2.55. The van der Waals surface area contributed by atoms with Crippen LogP contribution in [0.1, 0.15) is 53.4 Å². The largest absolute Gasteiger partial charge is 0.394 e. The van der Waals surface area contributed by atoms with Crippen LogP contribution in [0.2, 0.25) is 0 Å². The lowest BCUT2D eigenvalue weighted by molar-refractivity contribution is -0.0728. The van der Waals surface area contributed by atoms with Gasteiger partial charge < -0.3 is 15.2 Å². The predicted molar refractivity (Wildman–Crippen MR) is 81.9 cm³/mol. The van der Waals surface area contributed by atoms with Gasteiger partial charge in [-0.1, -0.05) is 20.8 Å². The van der Waals surface area contributed by atoms with E-state index in [1.165, 1.54) is 6.42 Å². The molecule has 2 N–H and O–H groups in total. The van der Waals surface area contributed by atoms with Crippen molar-refractivity contribution in [2.24, 2.45) is 0 Å². The molecule has 20 heavy (non-hydrogen) atoms. The molecule has 4 unspecified atom stereocenters. The number of ether oxygens (including phenoxy) is 1. The van der Waals surface area contributed by atoms with Crippen LogP contribution < -0.4 is 5.32 Å². The molecule has 0 spiro atoms. The first-order chi connectivity index (χ1) is 9.49. The zero-order valence-corrected chi connectivity index (χ0v) is 13.6. The number of rotatable bonds is 5. The molecule has 4 atom stereocenters. The highest BCUT2D eigenvalue weighted by atomic mass is 16.5. The van der Waals surface area contributed by atoms with Crippen molar-refractivity contribution in [1.82, 2.24) is 10.2 Å². The van der Waals surface area contributed by atoms with Gasteiger partial charge in [-0.05, 0) is 32.6 Å². The van der Waals surface area contributed by atoms with Crippen LogP contribution in [0, 0.1) is 0 Å². The molecule has 1 saturated heterocycles. The van der Waals surface area contributed by atoms with Crippen molar-refractivity contribution in [1.29, 1.82) is 0 Å². The van der Waals surface area contributed by atoms with Crippen molar-refractivity contribution in [3.8, 4) is 0 Å². The summed E-state index contributed by atoms with van der Waals surface area (Å²) in [6, 6.07) is 1.56. The van der Waals surface area contributed by atoms with Crippen molar-refractivity contribution in [3.63, 3.8) is 0 Å². The molecule has 2 aliphatic rings. The molecule has 0 radical (unpaired) electrons. The van der Waals surface area contributed by atoms with Gasteiger partial charge >= 0.3 is 0 Å². The fraction of sp³-hybridized carbons (Fsp3) is 1.00. The van der Waals surface area contributed by atoms with Gasteiger partial charge in [0.15, 0.2) is 0 Å². The summed E-state index contributed by atoms with van der Waals surface area (Å²) in [5, 5.41) is 13.5. The van der Waals surface area contributed by atoms with Crippen LogP contribution in [0.5, 0.6) is 0 Å². The molecule has 2 rings (SSSR count). The van der Waals surface area contributed by atoms with E-state index in [1.807, 2.05) is 0 Å². The SMILES string of the molecule is CCC1COC(C)CN1C1CCC(CO)(NC(C)C)C1. The Hall–Kier alpha value is -0.160. The van der Waals surface area contributed by atoms with E-state index in [1.54, 1.807) is 0 Å². The molecule has 0 amide bonds. The molecule has 0 aromatic heterocycles. The Morgan fingerprint density at radius 3 is 2.80 bits per heavy atom. The van der Waals surface area contributed by atoms with Gasteiger partial charge in [0.25, 0.3) is 0 Å². The average molecular weight is 284 g/mol. The van der Waals surface area contributed by atoms with Gasteiger partial charge in [0.2, 0.25) is 0 Å². The molecule has 4 heteroatoms. The zero-order chi connectivity index (χ0) is 14.8. The maximum absolute atomic E-state index is 9.85. The van der Waals surface area contributed by atoms with E-state index in [4.69, 9.17) is 4.74 Å². The molecule has 1 aliphatic carbocycles. The first-order valence-corrected chi connectivity index (χ1v) is 8.25. The molecule has 2 fully saturated rings. The zero-order valence-electron chi connectivity index (χ0n) is 13.6. The van der Waals surface area contributed by atoms with Crippen LogP contribution in [0.3, 0.4) is 0 Å². The average Bonchev–Trinajstić information content (AvgIpc) is 2.82. The maximum Gasteiger partial charge on any atom is 0.0674 e. The number of aliphatic hydroxyl groups is 1. The predicted octanol–water partition coefficient (Wildman–Crippen LogP) is 1.77. The molecular weight excluding hydrogens is 252 g/mol. The van der Waals surface area contributed by atoms with E-state index in [-0.39, 0.29) is 12.1 Å². The molecule has 1 saturated carbocycles. The molecule has 1 aliphatic heterocycles. The van der Waals surface area contributed by atoms with Crippen LogP contribution in [-0.4, -0.2) is 59.5 Å². The van der Waals surface area contributed by atoms with E-state index >= 15 is 0 Å². The second kappa shape index (κ2) is 6.73. The summed E-state index contributed by atoms with van der Waals surface area (Å²) in [6.45, 7) is 10.9. The third-order valence-corrected chi connectivity index (χ3v) is 4.93. The summed E-state index contributed by atoms with van der Waals surface area (Å²) < 4.78 is 5.81. The lowest BCUT2D eigenvalue weighted by Gasteiger charge is -2.42. The highest BCUT2D eigenvalue weighted by Crippen LogP contribution is 2.35. The van der Waals surface area contributed by atoms with E-state index in [9.17, 15) is 5.11 Å². The Kier molecular flexibility index (Phi) is 5.46. The first kappa shape index (κ1) is 16.2. The van der Waals surface area contributed by atoms with Crippen molar-refractivity contribution in [2.45, 2.75) is 83.1 Å². The number of hydrogen-bond acceptors (Lipinski definition) is 4. The fourth-order valence-electron chi connectivity index (χ4n) is 3.98. The fourth-order valence-corrected chi connectivity index (χ4v) is 3.98. The molecule has 0 aromatic carbocycles. The van der Waals surface area contributed by atoms with Gasteiger partial charge in [0.05, 0.1) is 19.3 Å². The van der Waals surface area contributed by atoms with Gasteiger partial charge in [-0.3, -0.25) is 4.90 Å². The smallest absolute Gasteiger partial charge is 0.0674 e. The molecule has 118 valence electrons. The van der Waals surface area contributed by atoms with E-state index in [0.717, 1.165) is 32.4 Å². The molecule has 4 nitrogen and oxygen atoms in total. The number of nitrogens with zero attached hydrogens (tertiary/aromatic N) is 1. The Labute approximate surface area is 123 Å². The van der Waals surface area contributed by atoms with Crippen LogP contribution in [0.25, 0.3) is 0 Å². The van der Waals surface area contributed by atoms with Crippen molar-refractivity contribution < 1.29 is 9.84 Å². The molecule has 0 bridgehead atoms. The summed E-state index contributed by atoms with van der Waals surface area (Å²) in [5.41, 5.74) is -0.0708. The molecular formula is C16H32N2O2. The number of nitrogens with one attached hydrogen (secondary N) is 1. The maximum atomic E-state index is 9.85. The van der Waals surface area contributed by atoms with Gasteiger partial charge in [0.1, 0.15) is 0 Å². The Morgan fingerprint density at radius 2 is 2.20 bits per heavy atom. The van der Waals surface area contributed by atoms with Gasteiger partial charge in [-0.2, -0.15) is 0 Å². The van der Waals surface area contributed by atoms with Crippen LogP contribution >= 0.6 is 0 Å². The van der Waals surface area contributed by atoms with E-state index in [0.29, 0.717) is 24.2 Å². The monoisotopic (exact) mass is 284 g/mol. The summed E-state index contributed by atoms with van der Waals surface area (Å²) in [4.78, 5) is 2.65. The Balaban J connectivity index is 2.02. The minimum atomic E-state index is -0.0708. The molecule has 1 heterocycles. The van der Waals surface area contributed by atoms with E-state index in [2.05, 4.69) is 37.9 Å². The van der Waals surface area contributed by atoms with E-state index < -0.39 is 0 Å². The second-order valence-electron chi connectivity index (χ2n) is 7.04. The normalized spacial score (nSPS) is 39.6. The van der Waals surface area contributed by atoms with Gasteiger partial charge in [0, 0.05) is 30.2 Å². The lowest BCUT2D eigenvalue weighted by atomic mass is 9.96. The minimum absolute atomic E-state index is 0.0708. The summed E-state index contributed by atoms with van der Waals surface area (Å²) in [6.07, 6.45) is 4.80. The van der Waals surface area contributed by atoms with Crippen molar-refractivity contribution in [3.05, 3.63) is 0 Å². The number of hydrogen-bond donors (Lipinski definition) is 2. The third-order valence-electron chi connectivity index (χ3n) is 4.93. The van der Waals surface area contributed by atoms with Crippen molar-refractivity contribution >= 4 is 0 Å². The highest BCUT2D eigenvalue weighted by Gasteiger charge is 2.43. The van der Waals surface area contributed by atoms with Crippen LogP contribution in [0.4, 0.5) is 0 Å². The van der Waals surface area contributed by atoms with Gasteiger partial charge in [-0.15, -0.1) is 0 Å².